The Hall–Kier alpha value is -3.08. The van der Waals surface area contributed by atoms with E-state index in [-0.39, 0.29) is 17.3 Å². The fourth-order valence-corrected chi connectivity index (χ4v) is 4.85. The average Bonchev–Trinajstić information content (AvgIpc) is 3.30. The van der Waals surface area contributed by atoms with Gasteiger partial charge in [0.2, 0.25) is 0 Å². The Labute approximate surface area is 168 Å². The Balaban J connectivity index is 1.61. The summed E-state index contributed by atoms with van der Waals surface area (Å²) in [5.41, 5.74) is 3.05. The number of hydrogen-bond acceptors (Lipinski definition) is 2. The van der Waals surface area contributed by atoms with Crippen LogP contribution in [0.5, 0.6) is 0 Å². The molecule has 5 rings (SSSR count). The van der Waals surface area contributed by atoms with Crippen molar-refractivity contribution < 1.29 is 0 Å². The van der Waals surface area contributed by atoms with Gasteiger partial charge in [0.1, 0.15) is 0 Å². The minimum atomic E-state index is -0.243. The number of hydrogen-bond donors (Lipinski definition) is 0. The molecule has 5 nitrogen and oxygen atoms in total. The maximum atomic E-state index is 12.7. The number of nitrogens with zero attached hydrogens (tertiary/aromatic N) is 3. The first kappa shape index (κ1) is 18.0. The predicted molar refractivity (Wildman–Crippen MR) is 117 cm³/mol. The first-order chi connectivity index (χ1) is 14.0. The van der Waals surface area contributed by atoms with Crippen molar-refractivity contribution in [3.63, 3.8) is 0 Å². The van der Waals surface area contributed by atoms with Gasteiger partial charge in [0.15, 0.2) is 0 Å². The van der Waals surface area contributed by atoms with Gasteiger partial charge in [-0.2, -0.15) is 0 Å². The molecule has 1 aliphatic rings. The minimum absolute atomic E-state index is 0.0390. The van der Waals surface area contributed by atoms with Crippen LogP contribution in [0.4, 0.5) is 0 Å². The molecular weight excluding hydrogens is 362 g/mol. The summed E-state index contributed by atoms with van der Waals surface area (Å²) in [7, 11) is 1.56. The molecule has 2 aromatic heterocycles. The van der Waals surface area contributed by atoms with Gasteiger partial charge in [0.05, 0.1) is 10.9 Å². The van der Waals surface area contributed by atoms with Crippen molar-refractivity contribution in [1.29, 1.82) is 0 Å². The highest BCUT2D eigenvalue weighted by atomic mass is 16.2. The van der Waals surface area contributed by atoms with E-state index in [4.69, 9.17) is 0 Å². The molecule has 0 amide bonds. The van der Waals surface area contributed by atoms with E-state index in [1.54, 1.807) is 11.6 Å². The first-order valence-electron chi connectivity index (χ1n) is 10.3. The van der Waals surface area contributed by atoms with Gasteiger partial charge in [-0.05, 0) is 41.7 Å². The van der Waals surface area contributed by atoms with E-state index in [1.165, 1.54) is 26.5 Å². The molecule has 0 N–H and O–H groups in total. The van der Waals surface area contributed by atoms with Gasteiger partial charge in [0, 0.05) is 37.9 Å². The molecule has 4 aromatic rings. The molecule has 0 spiro atoms. The van der Waals surface area contributed by atoms with Crippen molar-refractivity contribution >= 4 is 21.7 Å². The van der Waals surface area contributed by atoms with E-state index in [0.717, 1.165) is 24.9 Å². The zero-order valence-corrected chi connectivity index (χ0v) is 17.1. The van der Waals surface area contributed by atoms with Crippen molar-refractivity contribution in [1.82, 2.24) is 13.7 Å². The first-order valence-corrected chi connectivity index (χ1v) is 10.3. The monoisotopic (exact) mass is 387 g/mol. The summed E-state index contributed by atoms with van der Waals surface area (Å²) in [6.07, 6.45) is 5.73. The Morgan fingerprint density at radius 1 is 1.10 bits per heavy atom. The lowest BCUT2D eigenvalue weighted by Crippen LogP contribution is -2.38. The molecule has 0 bridgehead atoms. The van der Waals surface area contributed by atoms with Gasteiger partial charge < -0.3 is 4.57 Å². The van der Waals surface area contributed by atoms with Gasteiger partial charge in [-0.1, -0.05) is 43.3 Å². The van der Waals surface area contributed by atoms with Gasteiger partial charge in [0.25, 0.3) is 5.56 Å². The standard InChI is InChI=1S/C24H25N3O2/c1-4-15(2)27-21-14-26(13-20(21)23(28)25(3)24(27)29)12-18-11-17-9-5-7-16-8-6-10-19(18)22(16)17/h5-10,13-15,18H,4,11-12H2,1-3H3/t15-,18+/m0/s1. The van der Waals surface area contributed by atoms with Gasteiger partial charge >= 0.3 is 5.69 Å². The van der Waals surface area contributed by atoms with Crippen LogP contribution < -0.4 is 11.2 Å². The maximum absolute atomic E-state index is 12.7. The van der Waals surface area contributed by atoms with Crippen molar-refractivity contribution in [2.75, 3.05) is 0 Å². The summed E-state index contributed by atoms with van der Waals surface area (Å²) in [5.74, 6) is 0.366. The molecule has 0 aliphatic heterocycles. The molecule has 1 aliphatic carbocycles. The fraction of sp³-hybridized carbons (Fsp3) is 0.333. The highest BCUT2D eigenvalue weighted by Crippen LogP contribution is 2.39. The average molecular weight is 387 g/mol. The van der Waals surface area contributed by atoms with Crippen molar-refractivity contribution in [3.05, 3.63) is 80.8 Å². The SMILES string of the molecule is CC[C@H](C)n1c(=O)n(C)c(=O)c2cn(C[C@H]3Cc4cccc5cccc3c45)cc21. The van der Waals surface area contributed by atoms with Crippen LogP contribution in [0, 0.1) is 0 Å². The maximum Gasteiger partial charge on any atom is 0.331 e. The largest absolute Gasteiger partial charge is 0.351 e. The van der Waals surface area contributed by atoms with Crippen LogP contribution in [0.2, 0.25) is 0 Å². The molecule has 2 heterocycles. The van der Waals surface area contributed by atoms with Crippen molar-refractivity contribution in [2.45, 2.75) is 45.2 Å². The normalized spacial score (nSPS) is 16.7. The second-order valence-corrected chi connectivity index (χ2v) is 8.29. The molecule has 0 saturated carbocycles. The van der Waals surface area contributed by atoms with Gasteiger partial charge in [-0.15, -0.1) is 0 Å². The van der Waals surface area contributed by atoms with Crippen LogP contribution in [-0.4, -0.2) is 13.7 Å². The van der Waals surface area contributed by atoms with E-state index in [9.17, 15) is 9.59 Å². The van der Waals surface area contributed by atoms with E-state index >= 15 is 0 Å². The molecule has 0 saturated heterocycles. The summed E-state index contributed by atoms with van der Waals surface area (Å²) in [4.78, 5) is 25.5. The van der Waals surface area contributed by atoms with Crippen LogP contribution in [0.3, 0.4) is 0 Å². The lowest BCUT2D eigenvalue weighted by Gasteiger charge is -2.15. The zero-order chi connectivity index (χ0) is 20.3. The third-order valence-corrected chi connectivity index (χ3v) is 6.54. The quantitative estimate of drug-likeness (QED) is 0.532. The zero-order valence-electron chi connectivity index (χ0n) is 17.1. The van der Waals surface area contributed by atoms with E-state index in [2.05, 4.69) is 47.9 Å². The number of rotatable bonds is 4. The number of aromatic nitrogens is 3. The van der Waals surface area contributed by atoms with E-state index in [0.29, 0.717) is 11.3 Å². The second kappa shape index (κ2) is 6.48. The second-order valence-electron chi connectivity index (χ2n) is 8.29. The summed E-state index contributed by atoms with van der Waals surface area (Å²) in [5, 5.41) is 3.28. The third kappa shape index (κ3) is 2.60. The Morgan fingerprint density at radius 3 is 2.62 bits per heavy atom. The molecule has 29 heavy (non-hydrogen) atoms. The Bertz CT molecular complexity index is 1370. The Kier molecular flexibility index (Phi) is 4.02. The van der Waals surface area contributed by atoms with Gasteiger partial charge in [-0.25, -0.2) is 4.79 Å². The highest BCUT2D eigenvalue weighted by molar-refractivity contribution is 5.91. The molecule has 2 atom stereocenters. The molecule has 0 radical (unpaired) electrons. The van der Waals surface area contributed by atoms with Crippen molar-refractivity contribution in [2.24, 2.45) is 7.05 Å². The molecule has 0 unspecified atom stereocenters. The van der Waals surface area contributed by atoms with Crippen LogP contribution in [0.1, 0.15) is 43.4 Å². The van der Waals surface area contributed by atoms with Crippen molar-refractivity contribution in [3.8, 4) is 0 Å². The minimum Gasteiger partial charge on any atom is -0.351 e. The van der Waals surface area contributed by atoms with E-state index in [1.807, 2.05) is 19.3 Å². The molecular formula is C24H25N3O2. The number of benzene rings is 2. The van der Waals surface area contributed by atoms with Crippen LogP contribution in [-0.2, 0) is 20.0 Å². The molecule has 0 fully saturated rings. The summed E-state index contributed by atoms with van der Waals surface area (Å²) < 4.78 is 5.09. The number of fused-ring (bicyclic) bond motifs is 1. The smallest absolute Gasteiger partial charge is 0.331 e. The molecule has 2 aromatic carbocycles. The van der Waals surface area contributed by atoms with Crippen LogP contribution >= 0.6 is 0 Å². The lowest BCUT2D eigenvalue weighted by atomic mass is 10.00. The van der Waals surface area contributed by atoms with Crippen LogP contribution in [0.15, 0.2) is 58.4 Å². The van der Waals surface area contributed by atoms with Gasteiger partial charge in [-0.3, -0.25) is 13.9 Å². The van der Waals surface area contributed by atoms with Crippen LogP contribution in [0.25, 0.3) is 21.7 Å². The molecule has 148 valence electrons. The summed E-state index contributed by atoms with van der Waals surface area (Å²) in [6, 6.07) is 13.1. The molecule has 5 heteroatoms. The Morgan fingerprint density at radius 2 is 1.86 bits per heavy atom. The summed E-state index contributed by atoms with van der Waals surface area (Å²) >= 11 is 0. The highest BCUT2D eigenvalue weighted by Gasteiger charge is 2.25. The third-order valence-electron chi connectivity index (χ3n) is 6.54. The van der Waals surface area contributed by atoms with E-state index < -0.39 is 0 Å². The summed E-state index contributed by atoms with van der Waals surface area (Å²) in [6.45, 7) is 4.87. The lowest BCUT2D eigenvalue weighted by molar-refractivity contribution is 0.502. The topological polar surface area (TPSA) is 48.9 Å². The fourth-order valence-electron chi connectivity index (χ4n) is 4.85. The predicted octanol–water partition coefficient (Wildman–Crippen LogP) is 3.97.